The number of benzene rings is 3. The zero-order chi connectivity index (χ0) is 55.5. The number of carbonyl (C=O) groups excluding carboxylic acids is 3. The monoisotopic (exact) mass is 1140 g/mol. The molecule has 0 radical (unpaired) electrons. The van der Waals surface area contributed by atoms with Gasteiger partial charge in [0.15, 0.2) is 10.9 Å². The summed E-state index contributed by atoms with van der Waals surface area (Å²) in [6.07, 6.45) is 5.73. The first kappa shape index (κ1) is 55.2. The van der Waals surface area contributed by atoms with Crippen molar-refractivity contribution >= 4 is 84.1 Å². The van der Waals surface area contributed by atoms with Gasteiger partial charge in [-0.1, -0.05) is 68.0 Å². The van der Waals surface area contributed by atoms with Crippen molar-refractivity contribution in [3.63, 3.8) is 0 Å². The lowest BCUT2D eigenvalue weighted by atomic mass is 9.85. The standard InChI is InChI=1S/C57H68ClF2N11O6S2/c1-30(32-7-9-33(10-8-32)48-31(2)62-29-78-48)63-52(74)42-23-37(72)27-70(42)53(75)50(56(3,4)5)65-43(73)17-22-76-21-16-36-15-19-57(18-6-20-71(36)57)28-77-55-67-46-39(51(68-55)69-25-34-11-12-35(26-69)64-34)24-40(58)44(45(46)60)38-13-14-41(59)49-47(38)66-54(61)79-49/h7-10,13-14,24,29-30,34-37,42,50,64,72H,6,11-12,15-23,25-28H2,1-5H3,(H2,61,66)(H,63,74)(H,65,73)/t30-,34?,35?,36+,37+,42-,50+,57+/m0/s1. The molecule has 420 valence electrons. The second-order valence-electron chi connectivity index (χ2n) is 23.2. The predicted octanol–water partition coefficient (Wildman–Crippen LogP) is 8.34. The van der Waals surface area contributed by atoms with Crippen LogP contribution in [0.3, 0.4) is 0 Å². The van der Waals surface area contributed by atoms with E-state index in [0.29, 0.717) is 43.1 Å². The van der Waals surface area contributed by atoms with Crippen LogP contribution in [0.15, 0.2) is 48.0 Å². The van der Waals surface area contributed by atoms with Gasteiger partial charge in [-0.15, -0.1) is 11.3 Å². The van der Waals surface area contributed by atoms with Gasteiger partial charge in [0.2, 0.25) is 17.7 Å². The number of thiazole rings is 2. The third-order valence-corrected chi connectivity index (χ3v) is 18.9. The number of ether oxygens (including phenoxy) is 2. The number of nitrogen functional groups attached to an aromatic ring is 1. The van der Waals surface area contributed by atoms with Crippen LogP contribution >= 0.6 is 34.3 Å². The number of piperazine rings is 1. The number of hydrogen-bond acceptors (Lipinski definition) is 16. The molecule has 5 fully saturated rings. The van der Waals surface area contributed by atoms with Crippen LogP contribution in [0.1, 0.15) is 103 Å². The second kappa shape index (κ2) is 22.3. The average molecular weight is 1140 g/mol. The Hall–Kier alpha value is -5.68. The average Bonchev–Trinajstić information content (AvgIpc) is 4.36. The summed E-state index contributed by atoms with van der Waals surface area (Å²) in [5.41, 5.74) is 10.4. The molecule has 2 unspecified atom stereocenters. The molecule has 8 heterocycles. The number of nitrogens with two attached hydrogens (primary N) is 1. The number of nitrogens with one attached hydrogen (secondary N) is 3. The Morgan fingerprint density at radius 3 is 2.51 bits per heavy atom. The van der Waals surface area contributed by atoms with Gasteiger partial charge in [-0.25, -0.2) is 18.7 Å². The summed E-state index contributed by atoms with van der Waals surface area (Å²) in [7, 11) is 0. The minimum atomic E-state index is -0.958. The number of fused-ring (bicyclic) bond motifs is 5. The molecule has 0 spiro atoms. The highest BCUT2D eigenvalue weighted by Gasteiger charge is 2.50. The Labute approximate surface area is 471 Å². The number of aliphatic hydroxyl groups excluding tert-OH is 1. The Morgan fingerprint density at radius 1 is 1.00 bits per heavy atom. The SMILES string of the molecule is Cc1ncsc1-c1ccc([C@H](C)NC(=O)[C@@H]2C[C@@H](O)CN2C(=O)[C@@H](NC(=O)CCOCC[C@H]2CC[C@@]3(COc4nc(N5CC6CCC(C5)N6)c5cc(Cl)c(-c6ccc(F)c7sc(N)nc67)c(F)c5n4)CCCN23)C(C)(C)C)cc1. The van der Waals surface area contributed by atoms with Crippen molar-refractivity contribution in [3.05, 3.63) is 75.9 Å². The largest absolute Gasteiger partial charge is 0.461 e. The first-order valence-corrected chi connectivity index (χ1v) is 29.5. The molecular formula is C57H68ClF2N11O6S2. The summed E-state index contributed by atoms with van der Waals surface area (Å²) in [5.74, 6) is -1.78. The van der Waals surface area contributed by atoms with Gasteiger partial charge in [-0.2, -0.15) is 9.97 Å². The van der Waals surface area contributed by atoms with Crippen molar-refractivity contribution in [1.29, 1.82) is 0 Å². The normalized spacial score (nSPS) is 23.9. The fraction of sp³-hybridized carbons (Fsp3) is 0.526. The number of hydrogen-bond donors (Lipinski definition) is 5. The number of anilines is 2. The minimum absolute atomic E-state index is 0.0222. The number of β-amino-alcohol motifs (C(OH)–C–C–N with tert-alkyl or cyclic N) is 1. The smallest absolute Gasteiger partial charge is 0.319 e. The van der Waals surface area contributed by atoms with Crippen molar-refractivity contribution in [1.82, 2.24) is 45.7 Å². The van der Waals surface area contributed by atoms with Crippen molar-refractivity contribution in [2.45, 2.75) is 140 Å². The molecule has 3 aromatic carbocycles. The molecule has 8 atom stereocenters. The summed E-state index contributed by atoms with van der Waals surface area (Å²) in [6.45, 7) is 12.5. The molecule has 0 aliphatic carbocycles. The van der Waals surface area contributed by atoms with Crippen LogP contribution in [0.5, 0.6) is 6.01 Å². The van der Waals surface area contributed by atoms with Crippen LogP contribution in [0.2, 0.25) is 5.02 Å². The minimum Gasteiger partial charge on any atom is -0.461 e. The molecule has 3 amide bonds. The Balaban J connectivity index is 0.704. The molecule has 11 rings (SSSR count). The van der Waals surface area contributed by atoms with Crippen LogP contribution in [0.25, 0.3) is 42.7 Å². The number of aliphatic hydroxyl groups is 1. The molecule has 5 aliphatic rings. The summed E-state index contributed by atoms with van der Waals surface area (Å²) < 4.78 is 45.0. The number of aryl methyl sites for hydroxylation is 1. The fourth-order valence-corrected chi connectivity index (χ4v) is 14.6. The summed E-state index contributed by atoms with van der Waals surface area (Å²) >= 11 is 9.51. The molecule has 2 bridgehead atoms. The molecule has 0 saturated carbocycles. The lowest BCUT2D eigenvalue weighted by Crippen LogP contribution is -2.58. The Morgan fingerprint density at radius 2 is 1.77 bits per heavy atom. The highest BCUT2D eigenvalue weighted by molar-refractivity contribution is 7.22. The topological polar surface area (TPSA) is 213 Å². The zero-order valence-electron chi connectivity index (χ0n) is 45.1. The summed E-state index contributed by atoms with van der Waals surface area (Å²) in [4.78, 5) is 67.2. The van der Waals surface area contributed by atoms with Crippen molar-refractivity contribution in [2.24, 2.45) is 5.41 Å². The number of nitrogens with zero attached hydrogens (tertiary/aromatic N) is 7. The van der Waals surface area contributed by atoms with E-state index in [0.717, 1.165) is 84.5 Å². The molecule has 22 heteroatoms. The van der Waals surface area contributed by atoms with Crippen LogP contribution in [0.4, 0.5) is 19.7 Å². The van der Waals surface area contributed by atoms with Gasteiger partial charge in [0.1, 0.15) is 35.8 Å². The number of halogens is 3. The van der Waals surface area contributed by atoms with E-state index < -0.39 is 41.1 Å². The Bertz CT molecular complexity index is 3280. The molecule has 17 nitrogen and oxygen atoms in total. The van der Waals surface area contributed by atoms with E-state index in [-0.39, 0.29) is 105 Å². The van der Waals surface area contributed by atoms with Gasteiger partial charge < -0.3 is 46.1 Å². The maximum Gasteiger partial charge on any atom is 0.319 e. The number of carbonyl (C=O) groups is 3. The lowest BCUT2D eigenvalue weighted by Gasteiger charge is -2.35. The maximum absolute atomic E-state index is 17.2. The van der Waals surface area contributed by atoms with Crippen molar-refractivity contribution < 1.29 is 37.7 Å². The maximum atomic E-state index is 17.2. The van der Waals surface area contributed by atoms with E-state index in [2.05, 4.69) is 35.7 Å². The first-order valence-electron chi connectivity index (χ1n) is 27.5. The first-order chi connectivity index (χ1) is 37.8. The number of aromatic nitrogens is 4. The third kappa shape index (κ3) is 11.1. The van der Waals surface area contributed by atoms with Gasteiger partial charge in [0.25, 0.3) is 0 Å². The molecule has 3 aromatic heterocycles. The van der Waals surface area contributed by atoms with E-state index in [1.54, 1.807) is 17.4 Å². The molecule has 5 aliphatic heterocycles. The highest BCUT2D eigenvalue weighted by Crippen LogP contribution is 2.46. The van der Waals surface area contributed by atoms with Crippen LogP contribution in [-0.2, 0) is 19.1 Å². The number of likely N-dealkylation sites (tertiary alicyclic amines) is 1. The van der Waals surface area contributed by atoms with E-state index in [1.807, 2.05) is 64.4 Å². The third-order valence-electron chi connectivity index (χ3n) is 16.8. The molecule has 5 saturated heterocycles. The fourth-order valence-electron chi connectivity index (χ4n) is 12.7. The quantitative estimate of drug-likeness (QED) is 0.0544. The number of amides is 3. The van der Waals surface area contributed by atoms with Crippen molar-refractivity contribution in [3.8, 4) is 27.6 Å². The summed E-state index contributed by atoms with van der Waals surface area (Å²) in [5, 5.41) is 21.2. The van der Waals surface area contributed by atoms with Gasteiger partial charge >= 0.3 is 6.01 Å². The van der Waals surface area contributed by atoms with E-state index in [9.17, 15) is 23.9 Å². The van der Waals surface area contributed by atoms with Gasteiger partial charge in [0.05, 0.1) is 55.6 Å². The molecular weight excluding hydrogens is 1070 g/mol. The van der Waals surface area contributed by atoms with Crippen LogP contribution in [0, 0.1) is 24.0 Å². The second-order valence-corrected chi connectivity index (χ2v) is 25.5. The number of rotatable bonds is 17. The molecule has 6 aromatic rings. The van der Waals surface area contributed by atoms with E-state index in [4.69, 9.17) is 36.8 Å². The van der Waals surface area contributed by atoms with Gasteiger partial charge in [-0.3, -0.25) is 19.3 Å². The van der Waals surface area contributed by atoms with E-state index >= 15 is 4.39 Å². The van der Waals surface area contributed by atoms with E-state index in [1.165, 1.54) is 17.0 Å². The lowest BCUT2D eigenvalue weighted by molar-refractivity contribution is -0.144. The highest BCUT2D eigenvalue weighted by atomic mass is 35.5. The zero-order valence-corrected chi connectivity index (χ0v) is 47.5. The summed E-state index contributed by atoms with van der Waals surface area (Å²) in [6, 6.07) is 11.0. The van der Waals surface area contributed by atoms with Gasteiger partial charge in [-0.05, 0) is 100 Å². The molecule has 79 heavy (non-hydrogen) atoms. The molecule has 6 N–H and O–H groups in total. The van der Waals surface area contributed by atoms with Crippen LogP contribution < -0.4 is 31.3 Å². The van der Waals surface area contributed by atoms with Crippen molar-refractivity contribution in [2.75, 3.05) is 56.6 Å². The predicted molar refractivity (Wildman–Crippen MR) is 303 cm³/mol. The van der Waals surface area contributed by atoms with Gasteiger partial charge in [0, 0.05) is 73.7 Å². The Kier molecular flexibility index (Phi) is 15.6. The van der Waals surface area contributed by atoms with Crippen LogP contribution in [-0.4, -0.2) is 140 Å².